The van der Waals surface area contributed by atoms with Crippen molar-refractivity contribution in [2.45, 2.75) is 38.6 Å². The molecule has 0 aromatic carbocycles. The van der Waals surface area contributed by atoms with E-state index in [-0.39, 0.29) is 0 Å². The minimum atomic E-state index is 0.737. The van der Waals surface area contributed by atoms with Crippen molar-refractivity contribution in [3.63, 3.8) is 0 Å². The molecule has 0 amide bonds. The van der Waals surface area contributed by atoms with Gasteiger partial charge in [-0.2, -0.15) is 0 Å². The lowest BCUT2D eigenvalue weighted by Crippen LogP contribution is -2.45. The third-order valence-corrected chi connectivity index (χ3v) is 3.47. The summed E-state index contributed by atoms with van der Waals surface area (Å²) in [7, 11) is 0. The monoisotopic (exact) mass is 183 g/mol. The minimum absolute atomic E-state index is 0.737. The molecule has 2 aliphatic rings. The van der Waals surface area contributed by atoms with Crippen LogP contribution in [-0.2, 0) is 4.74 Å². The molecule has 0 aromatic heterocycles. The summed E-state index contributed by atoms with van der Waals surface area (Å²) in [6.07, 6.45) is 5.39. The maximum atomic E-state index is 5.52. The van der Waals surface area contributed by atoms with Gasteiger partial charge in [0.15, 0.2) is 0 Å². The van der Waals surface area contributed by atoms with Crippen LogP contribution in [0.2, 0.25) is 0 Å². The molecule has 13 heavy (non-hydrogen) atoms. The maximum absolute atomic E-state index is 5.52. The molecule has 2 heterocycles. The Morgan fingerprint density at radius 1 is 1.15 bits per heavy atom. The third kappa shape index (κ3) is 2.44. The summed E-state index contributed by atoms with van der Waals surface area (Å²) in [6.45, 7) is 6.94. The molecule has 0 bridgehead atoms. The Kier molecular flexibility index (Phi) is 3.23. The van der Waals surface area contributed by atoms with E-state index in [9.17, 15) is 0 Å². The second-order valence-corrected chi connectivity index (χ2v) is 4.59. The summed E-state index contributed by atoms with van der Waals surface area (Å²) >= 11 is 0. The Labute approximate surface area is 81.3 Å². The molecule has 2 rings (SSSR count). The van der Waals surface area contributed by atoms with Crippen LogP contribution in [0.4, 0.5) is 0 Å². The molecular weight excluding hydrogens is 162 g/mol. The molecule has 0 saturated carbocycles. The van der Waals surface area contributed by atoms with Crippen molar-refractivity contribution in [2.24, 2.45) is 5.92 Å². The Balaban J connectivity index is 1.79. The van der Waals surface area contributed by atoms with Crippen LogP contribution < -0.4 is 0 Å². The maximum Gasteiger partial charge on any atom is 0.0621 e. The van der Waals surface area contributed by atoms with E-state index in [1.54, 1.807) is 0 Å². The molecule has 0 radical (unpaired) electrons. The van der Waals surface area contributed by atoms with Gasteiger partial charge in [0.1, 0.15) is 0 Å². The summed E-state index contributed by atoms with van der Waals surface area (Å²) < 4.78 is 5.52. The van der Waals surface area contributed by atoms with Crippen LogP contribution in [0.5, 0.6) is 0 Å². The van der Waals surface area contributed by atoms with Crippen LogP contribution in [-0.4, -0.2) is 37.2 Å². The van der Waals surface area contributed by atoms with Gasteiger partial charge in [0, 0.05) is 12.6 Å². The predicted molar refractivity (Wildman–Crippen MR) is 53.8 cm³/mol. The molecule has 2 saturated heterocycles. The minimum Gasteiger partial charge on any atom is -0.380 e. The average Bonchev–Trinajstić information content (AvgIpc) is 2.20. The zero-order chi connectivity index (χ0) is 9.10. The molecule has 0 aromatic rings. The third-order valence-electron chi connectivity index (χ3n) is 3.47. The van der Waals surface area contributed by atoms with Gasteiger partial charge >= 0.3 is 0 Å². The van der Waals surface area contributed by atoms with Crippen molar-refractivity contribution in [2.75, 3.05) is 26.3 Å². The molecule has 2 heteroatoms. The van der Waals surface area contributed by atoms with E-state index < -0.39 is 0 Å². The fourth-order valence-corrected chi connectivity index (χ4v) is 2.41. The summed E-state index contributed by atoms with van der Waals surface area (Å²) in [4.78, 5) is 2.64. The highest BCUT2D eigenvalue weighted by atomic mass is 16.5. The molecule has 2 fully saturated rings. The smallest absolute Gasteiger partial charge is 0.0621 e. The lowest BCUT2D eigenvalue weighted by atomic mass is 9.96. The molecule has 0 spiro atoms. The van der Waals surface area contributed by atoms with E-state index in [2.05, 4.69) is 11.8 Å². The first kappa shape index (κ1) is 9.47. The fourth-order valence-electron chi connectivity index (χ4n) is 2.41. The second kappa shape index (κ2) is 4.43. The largest absolute Gasteiger partial charge is 0.380 e. The van der Waals surface area contributed by atoms with Gasteiger partial charge in [0.25, 0.3) is 0 Å². The number of ether oxygens (including phenoxy) is 1. The second-order valence-electron chi connectivity index (χ2n) is 4.59. The number of hydrogen-bond donors (Lipinski definition) is 0. The Morgan fingerprint density at radius 3 is 2.54 bits per heavy atom. The first-order chi connectivity index (χ1) is 6.36. The van der Waals surface area contributed by atoms with Gasteiger partial charge in [-0.1, -0.05) is 6.92 Å². The van der Waals surface area contributed by atoms with E-state index in [0.29, 0.717) is 0 Å². The number of nitrogens with zero attached hydrogens (tertiary/aromatic N) is 1. The molecule has 0 N–H and O–H groups in total. The lowest BCUT2D eigenvalue weighted by Gasteiger charge is -2.38. The highest BCUT2D eigenvalue weighted by molar-refractivity contribution is 4.78. The molecule has 1 unspecified atom stereocenters. The van der Waals surface area contributed by atoms with Gasteiger partial charge in [-0.15, -0.1) is 0 Å². The summed E-state index contributed by atoms with van der Waals surface area (Å²) in [5, 5.41) is 0. The SMILES string of the molecule is CC1CCN(C2CCCOC2)CC1. The fraction of sp³-hybridized carbons (Fsp3) is 1.00. The van der Waals surface area contributed by atoms with Crippen molar-refractivity contribution in [3.05, 3.63) is 0 Å². The van der Waals surface area contributed by atoms with Gasteiger partial charge < -0.3 is 4.74 Å². The van der Waals surface area contributed by atoms with Gasteiger partial charge in [0.2, 0.25) is 0 Å². The average molecular weight is 183 g/mol. The van der Waals surface area contributed by atoms with Gasteiger partial charge in [-0.25, -0.2) is 0 Å². The van der Waals surface area contributed by atoms with Crippen LogP contribution in [0.1, 0.15) is 32.6 Å². The van der Waals surface area contributed by atoms with Gasteiger partial charge in [0.05, 0.1) is 6.61 Å². The normalized spacial score (nSPS) is 33.5. The molecule has 2 aliphatic heterocycles. The van der Waals surface area contributed by atoms with Crippen LogP contribution in [0, 0.1) is 5.92 Å². The van der Waals surface area contributed by atoms with Crippen molar-refractivity contribution in [1.82, 2.24) is 4.90 Å². The highest BCUT2D eigenvalue weighted by Crippen LogP contribution is 2.21. The number of likely N-dealkylation sites (tertiary alicyclic amines) is 1. The van der Waals surface area contributed by atoms with E-state index in [1.165, 1.54) is 38.8 Å². The number of hydrogen-bond acceptors (Lipinski definition) is 2. The lowest BCUT2D eigenvalue weighted by molar-refractivity contribution is 0.00600. The van der Waals surface area contributed by atoms with Gasteiger partial charge in [-0.3, -0.25) is 4.90 Å². The standard InChI is InChI=1S/C11H21NO/c1-10-4-6-12(7-5-10)11-3-2-8-13-9-11/h10-11H,2-9H2,1H3. The molecule has 76 valence electrons. The summed E-state index contributed by atoms with van der Waals surface area (Å²) in [6, 6.07) is 0.737. The Bertz CT molecular complexity index is 146. The van der Waals surface area contributed by atoms with Crippen molar-refractivity contribution in [3.8, 4) is 0 Å². The Hall–Kier alpha value is -0.0800. The first-order valence-electron chi connectivity index (χ1n) is 5.68. The molecule has 0 aliphatic carbocycles. The predicted octanol–water partition coefficient (Wildman–Crippen LogP) is 1.90. The number of piperidine rings is 1. The topological polar surface area (TPSA) is 12.5 Å². The number of rotatable bonds is 1. The van der Waals surface area contributed by atoms with Crippen molar-refractivity contribution >= 4 is 0 Å². The van der Waals surface area contributed by atoms with Crippen LogP contribution in [0.25, 0.3) is 0 Å². The van der Waals surface area contributed by atoms with E-state index in [0.717, 1.165) is 25.2 Å². The van der Waals surface area contributed by atoms with Gasteiger partial charge in [-0.05, 0) is 44.7 Å². The van der Waals surface area contributed by atoms with Crippen molar-refractivity contribution in [1.29, 1.82) is 0 Å². The molecular formula is C11H21NO. The first-order valence-corrected chi connectivity index (χ1v) is 5.68. The Morgan fingerprint density at radius 2 is 1.92 bits per heavy atom. The van der Waals surface area contributed by atoms with Crippen LogP contribution >= 0.6 is 0 Å². The summed E-state index contributed by atoms with van der Waals surface area (Å²) in [5.74, 6) is 0.945. The zero-order valence-corrected chi connectivity index (χ0v) is 8.67. The van der Waals surface area contributed by atoms with Crippen molar-refractivity contribution < 1.29 is 4.74 Å². The van der Waals surface area contributed by atoms with E-state index in [1.807, 2.05) is 0 Å². The quantitative estimate of drug-likeness (QED) is 0.615. The van der Waals surface area contributed by atoms with Crippen LogP contribution in [0.3, 0.4) is 0 Å². The zero-order valence-electron chi connectivity index (χ0n) is 8.67. The van der Waals surface area contributed by atoms with Crippen LogP contribution in [0.15, 0.2) is 0 Å². The van der Waals surface area contributed by atoms with E-state index >= 15 is 0 Å². The summed E-state index contributed by atoms with van der Waals surface area (Å²) in [5.41, 5.74) is 0. The highest BCUT2D eigenvalue weighted by Gasteiger charge is 2.24. The molecule has 1 atom stereocenters. The molecule has 2 nitrogen and oxygen atoms in total. The van der Waals surface area contributed by atoms with E-state index in [4.69, 9.17) is 4.74 Å².